The number of carbonyl (C=O) groups excluding carboxylic acids is 1. The third kappa shape index (κ3) is 4.35. The molecule has 7 nitrogen and oxygen atoms in total. The minimum Gasteiger partial charge on any atom is -0.349 e. The molecular formula is C16H23N5O2. The zero-order valence-electron chi connectivity index (χ0n) is 13.7. The van der Waals surface area contributed by atoms with E-state index in [0.717, 1.165) is 0 Å². The average molecular weight is 317 g/mol. The summed E-state index contributed by atoms with van der Waals surface area (Å²) >= 11 is 0. The van der Waals surface area contributed by atoms with Crippen molar-refractivity contribution in [2.75, 3.05) is 6.54 Å². The molecule has 0 aliphatic heterocycles. The van der Waals surface area contributed by atoms with Crippen LogP contribution in [-0.4, -0.2) is 33.1 Å². The van der Waals surface area contributed by atoms with Gasteiger partial charge in [-0.15, -0.1) is 0 Å². The molecule has 0 spiro atoms. The summed E-state index contributed by atoms with van der Waals surface area (Å²) in [6, 6.07) is 5.47. The zero-order chi connectivity index (χ0) is 16.9. The minimum atomic E-state index is -0.412. The number of nitrogens with one attached hydrogen (secondary N) is 1. The standard InChI is InChI=1S/C16H23N5O2/c1-11(2)16(3,10-17)20-13(22)7-8-14-19-15(21-23-14)12-6-4-5-9-18-12/h4-6,9,11H,7-8,10,17H2,1-3H3,(H,20,22). The van der Waals surface area contributed by atoms with Crippen LogP contribution in [0.1, 0.15) is 33.1 Å². The van der Waals surface area contributed by atoms with Crippen LogP contribution in [0.15, 0.2) is 28.9 Å². The third-order valence-electron chi connectivity index (χ3n) is 4.05. The Morgan fingerprint density at radius 1 is 1.43 bits per heavy atom. The molecule has 0 saturated carbocycles. The van der Waals surface area contributed by atoms with Crippen LogP contribution in [-0.2, 0) is 11.2 Å². The first-order chi connectivity index (χ1) is 10.9. The van der Waals surface area contributed by atoms with E-state index in [1.54, 1.807) is 12.3 Å². The van der Waals surface area contributed by atoms with Gasteiger partial charge in [-0.1, -0.05) is 25.1 Å². The molecule has 0 aliphatic carbocycles. The van der Waals surface area contributed by atoms with Crippen LogP contribution in [0, 0.1) is 5.92 Å². The van der Waals surface area contributed by atoms with Crippen molar-refractivity contribution >= 4 is 5.91 Å². The Balaban J connectivity index is 1.92. The van der Waals surface area contributed by atoms with Gasteiger partial charge in [0.1, 0.15) is 5.69 Å². The first-order valence-corrected chi connectivity index (χ1v) is 7.69. The fourth-order valence-electron chi connectivity index (χ4n) is 1.99. The Morgan fingerprint density at radius 2 is 2.22 bits per heavy atom. The molecule has 0 aliphatic rings. The number of hydrogen-bond acceptors (Lipinski definition) is 6. The summed E-state index contributed by atoms with van der Waals surface area (Å²) in [5.41, 5.74) is 6.00. The van der Waals surface area contributed by atoms with Crippen molar-refractivity contribution in [3.63, 3.8) is 0 Å². The van der Waals surface area contributed by atoms with Crippen molar-refractivity contribution in [3.05, 3.63) is 30.3 Å². The molecule has 0 bridgehead atoms. The van der Waals surface area contributed by atoms with Crippen LogP contribution in [0.4, 0.5) is 0 Å². The van der Waals surface area contributed by atoms with E-state index in [0.29, 0.717) is 30.4 Å². The molecule has 0 radical (unpaired) electrons. The van der Waals surface area contributed by atoms with Gasteiger partial charge >= 0.3 is 0 Å². The lowest BCUT2D eigenvalue weighted by Gasteiger charge is -2.33. The molecule has 2 heterocycles. The highest BCUT2D eigenvalue weighted by atomic mass is 16.5. The Hall–Kier alpha value is -2.28. The molecule has 1 amide bonds. The highest BCUT2D eigenvalue weighted by molar-refractivity contribution is 5.77. The Labute approximate surface area is 135 Å². The van der Waals surface area contributed by atoms with Gasteiger partial charge < -0.3 is 15.6 Å². The van der Waals surface area contributed by atoms with Crippen molar-refractivity contribution in [2.24, 2.45) is 11.7 Å². The zero-order valence-corrected chi connectivity index (χ0v) is 13.7. The summed E-state index contributed by atoms with van der Waals surface area (Å²) in [4.78, 5) is 20.5. The molecular weight excluding hydrogens is 294 g/mol. The van der Waals surface area contributed by atoms with Gasteiger partial charge in [-0.25, -0.2) is 0 Å². The molecule has 1 unspecified atom stereocenters. The van der Waals surface area contributed by atoms with E-state index in [9.17, 15) is 4.79 Å². The lowest BCUT2D eigenvalue weighted by molar-refractivity contribution is -0.123. The fourth-order valence-corrected chi connectivity index (χ4v) is 1.99. The van der Waals surface area contributed by atoms with Gasteiger partial charge in [0, 0.05) is 25.6 Å². The van der Waals surface area contributed by atoms with Gasteiger partial charge in [0.2, 0.25) is 17.6 Å². The molecule has 23 heavy (non-hydrogen) atoms. The summed E-state index contributed by atoms with van der Waals surface area (Å²) < 4.78 is 5.17. The van der Waals surface area contributed by atoms with Crippen molar-refractivity contribution in [1.82, 2.24) is 20.4 Å². The van der Waals surface area contributed by atoms with Crippen molar-refractivity contribution in [1.29, 1.82) is 0 Å². The highest BCUT2D eigenvalue weighted by Crippen LogP contribution is 2.16. The lowest BCUT2D eigenvalue weighted by Crippen LogP contribution is -2.55. The number of pyridine rings is 1. The van der Waals surface area contributed by atoms with E-state index in [-0.39, 0.29) is 18.2 Å². The molecule has 2 rings (SSSR count). The van der Waals surface area contributed by atoms with E-state index in [2.05, 4.69) is 20.4 Å². The largest absolute Gasteiger partial charge is 0.349 e. The van der Waals surface area contributed by atoms with Crippen molar-refractivity contribution < 1.29 is 9.32 Å². The van der Waals surface area contributed by atoms with Crippen LogP contribution in [0.25, 0.3) is 11.5 Å². The molecule has 7 heteroatoms. The number of amides is 1. The summed E-state index contributed by atoms with van der Waals surface area (Å²) in [7, 11) is 0. The number of hydrogen-bond donors (Lipinski definition) is 2. The summed E-state index contributed by atoms with van der Waals surface area (Å²) in [5.74, 6) is 1.01. The van der Waals surface area contributed by atoms with E-state index in [1.807, 2.05) is 32.9 Å². The second-order valence-electron chi connectivity index (χ2n) is 6.05. The second kappa shape index (κ2) is 7.32. The van der Waals surface area contributed by atoms with Gasteiger partial charge in [-0.05, 0) is 25.0 Å². The Morgan fingerprint density at radius 3 is 2.83 bits per heavy atom. The normalized spacial score (nSPS) is 13.8. The van der Waals surface area contributed by atoms with Crippen LogP contribution < -0.4 is 11.1 Å². The van der Waals surface area contributed by atoms with E-state index in [1.165, 1.54) is 0 Å². The number of nitrogens with two attached hydrogens (primary N) is 1. The summed E-state index contributed by atoms with van der Waals surface area (Å²) in [6.07, 6.45) is 2.31. The van der Waals surface area contributed by atoms with Crippen molar-refractivity contribution in [2.45, 2.75) is 39.2 Å². The first kappa shape index (κ1) is 17.1. The maximum Gasteiger partial charge on any atom is 0.227 e. The number of nitrogens with zero attached hydrogens (tertiary/aromatic N) is 3. The summed E-state index contributed by atoms with van der Waals surface area (Å²) in [6.45, 7) is 6.40. The monoisotopic (exact) mass is 317 g/mol. The molecule has 0 saturated heterocycles. The van der Waals surface area contributed by atoms with Crippen molar-refractivity contribution in [3.8, 4) is 11.5 Å². The first-order valence-electron chi connectivity index (χ1n) is 7.69. The van der Waals surface area contributed by atoms with E-state index < -0.39 is 5.54 Å². The maximum atomic E-state index is 12.1. The van der Waals surface area contributed by atoms with Gasteiger partial charge in [-0.2, -0.15) is 4.98 Å². The molecule has 1 atom stereocenters. The predicted octanol–water partition coefficient (Wildman–Crippen LogP) is 1.55. The molecule has 3 N–H and O–H groups in total. The Bertz CT molecular complexity index is 641. The predicted molar refractivity (Wildman–Crippen MR) is 86.3 cm³/mol. The Kier molecular flexibility index (Phi) is 5.44. The van der Waals surface area contributed by atoms with Crippen LogP contribution in [0.5, 0.6) is 0 Å². The number of rotatable bonds is 7. The van der Waals surface area contributed by atoms with Crippen LogP contribution >= 0.6 is 0 Å². The highest BCUT2D eigenvalue weighted by Gasteiger charge is 2.28. The van der Waals surface area contributed by atoms with Gasteiger partial charge in [0.05, 0.1) is 5.54 Å². The second-order valence-corrected chi connectivity index (χ2v) is 6.05. The van der Waals surface area contributed by atoms with Crippen LogP contribution in [0.2, 0.25) is 0 Å². The minimum absolute atomic E-state index is 0.0794. The molecule has 0 aromatic carbocycles. The molecule has 124 valence electrons. The number of aromatic nitrogens is 3. The topological polar surface area (TPSA) is 107 Å². The third-order valence-corrected chi connectivity index (χ3v) is 4.05. The van der Waals surface area contributed by atoms with Gasteiger partial charge in [0.25, 0.3) is 0 Å². The number of aryl methyl sites for hydroxylation is 1. The maximum absolute atomic E-state index is 12.1. The summed E-state index contributed by atoms with van der Waals surface area (Å²) in [5, 5.41) is 6.87. The van der Waals surface area contributed by atoms with E-state index in [4.69, 9.17) is 10.3 Å². The smallest absolute Gasteiger partial charge is 0.227 e. The molecule has 2 aromatic heterocycles. The SMILES string of the molecule is CC(C)C(C)(CN)NC(=O)CCc1nc(-c2ccccn2)no1. The average Bonchev–Trinajstić information content (AvgIpc) is 3.02. The van der Waals surface area contributed by atoms with E-state index >= 15 is 0 Å². The molecule has 0 fully saturated rings. The lowest BCUT2D eigenvalue weighted by atomic mass is 9.88. The van der Waals surface area contributed by atoms with Gasteiger partial charge in [-0.3, -0.25) is 9.78 Å². The van der Waals surface area contributed by atoms with Crippen LogP contribution in [0.3, 0.4) is 0 Å². The van der Waals surface area contributed by atoms with Gasteiger partial charge in [0.15, 0.2) is 0 Å². The fraction of sp³-hybridized carbons (Fsp3) is 0.500. The molecule has 2 aromatic rings. The number of carbonyl (C=O) groups is 1. The quantitative estimate of drug-likeness (QED) is 0.802.